The maximum Gasteiger partial charge on any atom is 0.353 e. The fourth-order valence-electron chi connectivity index (χ4n) is 3.02. The van der Waals surface area contributed by atoms with E-state index in [1.165, 1.54) is 6.33 Å². The number of nitrogens with zero attached hydrogens (tertiary/aromatic N) is 6. The number of nitrogens with one attached hydrogen (secondary N) is 1. The molecule has 0 spiro atoms. The summed E-state index contributed by atoms with van der Waals surface area (Å²) in [5, 5.41) is 34.6. The molecule has 3 aromatic rings. The fourth-order valence-corrected chi connectivity index (χ4v) is 3.02. The molecule has 29 heavy (non-hydrogen) atoms. The quantitative estimate of drug-likeness (QED) is 0.454. The lowest BCUT2D eigenvalue weighted by molar-refractivity contribution is -0.383. The molecule has 0 aliphatic rings. The molecule has 144 valence electrons. The summed E-state index contributed by atoms with van der Waals surface area (Å²) in [6.07, 6.45) is 1.54. The molecule has 0 amide bonds. The van der Waals surface area contributed by atoms with E-state index in [4.69, 9.17) is 10.5 Å². The van der Waals surface area contributed by atoms with Crippen molar-refractivity contribution >= 4 is 33.8 Å². The third-order valence-electron chi connectivity index (χ3n) is 4.31. The van der Waals surface area contributed by atoms with Crippen LogP contribution >= 0.6 is 0 Å². The van der Waals surface area contributed by atoms with Crippen LogP contribution in [0.2, 0.25) is 0 Å². The first kappa shape index (κ1) is 19.5. The van der Waals surface area contributed by atoms with Crippen molar-refractivity contribution in [2.24, 2.45) is 0 Å². The van der Waals surface area contributed by atoms with E-state index in [1.807, 2.05) is 54.6 Å². The molecule has 1 heterocycles. The van der Waals surface area contributed by atoms with Crippen molar-refractivity contribution in [2.45, 2.75) is 12.8 Å². The molecule has 0 saturated heterocycles. The molecule has 1 aromatic heterocycles. The molecule has 0 aliphatic heterocycles. The highest BCUT2D eigenvalue weighted by molar-refractivity contribution is 5.96. The van der Waals surface area contributed by atoms with Gasteiger partial charge in [-0.15, -0.1) is 0 Å². The molecule has 0 unspecified atom stereocenters. The molecule has 0 fully saturated rings. The molecule has 0 aliphatic carbocycles. The van der Waals surface area contributed by atoms with Gasteiger partial charge in [0.15, 0.2) is 0 Å². The van der Waals surface area contributed by atoms with Gasteiger partial charge in [-0.3, -0.25) is 10.1 Å². The van der Waals surface area contributed by atoms with Crippen LogP contribution in [0.3, 0.4) is 0 Å². The monoisotopic (exact) mass is 387 g/mol. The van der Waals surface area contributed by atoms with Gasteiger partial charge in [-0.05, 0) is 11.5 Å². The Morgan fingerprint density at radius 2 is 1.72 bits per heavy atom. The smallest absolute Gasteiger partial charge is 0.349 e. The Bertz CT molecular complexity index is 1090. The van der Waals surface area contributed by atoms with Gasteiger partial charge in [-0.1, -0.05) is 36.4 Å². The minimum atomic E-state index is -0.547. The van der Waals surface area contributed by atoms with Gasteiger partial charge in [-0.25, -0.2) is 9.97 Å². The minimum absolute atomic E-state index is 0.0512. The Balaban J connectivity index is 2.05. The number of nitro groups is 1. The largest absolute Gasteiger partial charge is 0.353 e. The highest BCUT2D eigenvalue weighted by Crippen LogP contribution is 2.35. The first-order valence-corrected chi connectivity index (χ1v) is 8.88. The van der Waals surface area contributed by atoms with Gasteiger partial charge in [0, 0.05) is 24.2 Å². The van der Waals surface area contributed by atoms with E-state index < -0.39 is 4.92 Å². The van der Waals surface area contributed by atoms with Crippen LogP contribution < -0.4 is 10.2 Å². The zero-order valence-electron chi connectivity index (χ0n) is 15.4. The van der Waals surface area contributed by atoms with Crippen LogP contribution in [0.4, 0.5) is 23.0 Å². The molecule has 0 saturated carbocycles. The van der Waals surface area contributed by atoms with Gasteiger partial charge in [0.2, 0.25) is 11.6 Å². The summed E-state index contributed by atoms with van der Waals surface area (Å²) in [7, 11) is 0. The topological polar surface area (TPSA) is 132 Å². The van der Waals surface area contributed by atoms with E-state index in [0.717, 1.165) is 10.8 Å². The van der Waals surface area contributed by atoms with Crippen molar-refractivity contribution in [3.8, 4) is 12.1 Å². The SMILES string of the molecule is N#CCCN(CCC#N)c1ncnc(Nc2cccc3ccccc23)c1[N+](=O)[O-]. The predicted molar refractivity (Wildman–Crippen MR) is 109 cm³/mol. The van der Waals surface area contributed by atoms with Crippen molar-refractivity contribution in [1.82, 2.24) is 9.97 Å². The van der Waals surface area contributed by atoms with Crippen LogP contribution in [-0.2, 0) is 0 Å². The molecule has 9 heteroatoms. The average molecular weight is 387 g/mol. The minimum Gasteiger partial charge on any atom is -0.349 e. The normalized spacial score (nSPS) is 10.1. The Labute approximate surface area is 167 Å². The Morgan fingerprint density at radius 3 is 2.41 bits per heavy atom. The van der Waals surface area contributed by atoms with E-state index in [9.17, 15) is 10.1 Å². The van der Waals surface area contributed by atoms with E-state index in [-0.39, 0.29) is 43.3 Å². The zero-order valence-corrected chi connectivity index (χ0v) is 15.4. The van der Waals surface area contributed by atoms with Gasteiger partial charge in [0.05, 0.1) is 29.9 Å². The predicted octanol–water partition coefficient (Wildman–Crippen LogP) is 3.92. The molecule has 2 aromatic carbocycles. The lowest BCUT2D eigenvalue weighted by atomic mass is 10.1. The summed E-state index contributed by atoms with van der Waals surface area (Å²) in [6.45, 7) is 0.452. The molecule has 3 rings (SSSR count). The van der Waals surface area contributed by atoms with Crippen LogP contribution in [-0.4, -0.2) is 28.0 Å². The van der Waals surface area contributed by atoms with Crippen LogP contribution in [0.1, 0.15) is 12.8 Å². The van der Waals surface area contributed by atoms with Crippen LogP contribution in [0, 0.1) is 32.8 Å². The summed E-state index contributed by atoms with van der Waals surface area (Å²) >= 11 is 0. The number of hydrogen-bond acceptors (Lipinski definition) is 8. The number of nitriles is 2. The second kappa shape index (κ2) is 9.11. The average Bonchev–Trinajstić information content (AvgIpc) is 2.74. The molecule has 0 atom stereocenters. The van der Waals surface area contributed by atoms with Gasteiger partial charge in [-0.2, -0.15) is 10.5 Å². The number of rotatable bonds is 8. The van der Waals surface area contributed by atoms with Gasteiger partial charge >= 0.3 is 5.69 Å². The second-order valence-electron chi connectivity index (χ2n) is 6.11. The number of hydrogen-bond donors (Lipinski definition) is 1. The molecular weight excluding hydrogens is 370 g/mol. The lowest BCUT2D eigenvalue weighted by Crippen LogP contribution is -2.27. The summed E-state index contributed by atoms with van der Waals surface area (Å²) in [4.78, 5) is 21.1. The maximum absolute atomic E-state index is 11.9. The molecule has 0 bridgehead atoms. The standard InChI is InChI=1S/C20H17N7O2/c21-10-4-12-26(13-5-11-22)20-18(27(28)29)19(23-14-24-20)25-17-9-3-7-15-6-1-2-8-16(15)17/h1-3,6-9,14H,4-5,12-13H2,(H,23,24,25). The lowest BCUT2D eigenvalue weighted by Gasteiger charge is -2.21. The molecule has 1 N–H and O–H groups in total. The highest BCUT2D eigenvalue weighted by Gasteiger charge is 2.27. The maximum atomic E-state index is 11.9. The Morgan fingerprint density at radius 1 is 1.03 bits per heavy atom. The van der Waals surface area contributed by atoms with Crippen molar-refractivity contribution < 1.29 is 4.92 Å². The Kier molecular flexibility index (Phi) is 6.13. The van der Waals surface area contributed by atoms with Crippen molar-refractivity contribution in [2.75, 3.05) is 23.3 Å². The summed E-state index contributed by atoms with van der Waals surface area (Å²) in [5.41, 5.74) is 0.382. The van der Waals surface area contributed by atoms with Gasteiger partial charge in [0.1, 0.15) is 6.33 Å². The summed E-state index contributed by atoms with van der Waals surface area (Å²) in [5.74, 6) is 0.133. The first-order chi connectivity index (χ1) is 14.2. The molecule has 0 radical (unpaired) electrons. The van der Waals surface area contributed by atoms with E-state index >= 15 is 0 Å². The van der Waals surface area contributed by atoms with Crippen molar-refractivity contribution in [1.29, 1.82) is 10.5 Å². The van der Waals surface area contributed by atoms with E-state index in [1.54, 1.807) is 4.90 Å². The van der Waals surface area contributed by atoms with Crippen LogP contribution in [0.5, 0.6) is 0 Å². The van der Waals surface area contributed by atoms with Crippen LogP contribution in [0.25, 0.3) is 10.8 Å². The molecular formula is C20H17N7O2. The second-order valence-corrected chi connectivity index (χ2v) is 6.11. The van der Waals surface area contributed by atoms with E-state index in [0.29, 0.717) is 5.69 Å². The third kappa shape index (κ3) is 4.37. The summed E-state index contributed by atoms with van der Waals surface area (Å²) < 4.78 is 0. The third-order valence-corrected chi connectivity index (χ3v) is 4.31. The van der Waals surface area contributed by atoms with Crippen molar-refractivity contribution in [3.05, 3.63) is 58.9 Å². The number of fused-ring (bicyclic) bond motifs is 1. The Hall–Kier alpha value is -4.24. The number of anilines is 3. The first-order valence-electron chi connectivity index (χ1n) is 8.88. The number of benzene rings is 2. The van der Waals surface area contributed by atoms with Gasteiger partial charge in [0.25, 0.3) is 0 Å². The van der Waals surface area contributed by atoms with Gasteiger partial charge < -0.3 is 10.2 Å². The number of aromatic nitrogens is 2. The fraction of sp³-hybridized carbons (Fsp3) is 0.200. The zero-order chi connectivity index (χ0) is 20.6. The summed E-state index contributed by atoms with van der Waals surface area (Å²) in [6, 6.07) is 17.3. The van der Waals surface area contributed by atoms with E-state index in [2.05, 4.69) is 15.3 Å². The highest BCUT2D eigenvalue weighted by atomic mass is 16.6. The van der Waals surface area contributed by atoms with Crippen LogP contribution in [0.15, 0.2) is 48.8 Å². The molecule has 9 nitrogen and oxygen atoms in total. The van der Waals surface area contributed by atoms with Crippen molar-refractivity contribution in [3.63, 3.8) is 0 Å².